The van der Waals surface area contributed by atoms with Crippen molar-refractivity contribution in [1.82, 2.24) is 25.0 Å². The monoisotopic (exact) mass is 423 g/mol. The summed E-state index contributed by atoms with van der Waals surface area (Å²) in [7, 11) is 1.56. The first kappa shape index (κ1) is 19.7. The molecule has 0 atom stereocenters. The number of amides is 1. The Morgan fingerprint density at radius 2 is 2.03 bits per heavy atom. The van der Waals surface area contributed by atoms with Gasteiger partial charge in [-0.25, -0.2) is 4.98 Å². The molecule has 152 valence electrons. The van der Waals surface area contributed by atoms with Gasteiger partial charge in [0.1, 0.15) is 5.75 Å². The number of carbonyl (C=O) groups excluding carboxylic acids is 1. The Morgan fingerprint density at radius 3 is 2.73 bits per heavy atom. The number of imidazole rings is 1. The van der Waals surface area contributed by atoms with Crippen molar-refractivity contribution in [3.05, 3.63) is 77.2 Å². The Balaban J connectivity index is 1.45. The van der Waals surface area contributed by atoms with Crippen molar-refractivity contribution in [1.29, 1.82) is 0 Å². The van der Waals surface area contributed by atoms with Crippen LogP contribution in [0.2, 0.25) is 5.02 Å². The fraction of sp³-hybridized carbons (Fsp3) is 0.143. The quantitative estimate of drug-likeness (QED) is 0.506. The van der Waals surface area contributed by atoms with E-state index in [1.165, 1.54) is 0 Å². The van der Waals surface area contributed by atoms with Gasteiger partial charge in [-0.15, -0.1) is 0 Å². The molecule has 2 aromatic carbocycles. The molecule has 0 saturated heterocycles. The van der Waals surface area contributed by atoms with Gasteiger partial charge in [0, 0.05) is 22.3 Å². The van der Waals surface area contributed by atoms with Crippen molar-refractivity contribution < 1.29 is 14.1 Å². The van der Waals surface area contributed by atoms with E-state index in [-0.39, 0.29) is 12.5 Å². The molecular weight excluding hydrogens is 406 g/mol. The van der Waals surface area contributed by atoms with E-state index >= 15 is 0 Å². The van der Waals surface area contributed by atoms with Crippen LogP contribution in [0.25, 0.3) is 17.1 Å². The summed E-state index contributed by atoms with van der Waals surface area (Å²) in [6.07, 6.45) is 3.58. The molecule has 0 unspecified atom stereocenters. The van der Waals surface area contributed by atoms with Gasteiger partial charge in [0.05, 0.1) is 31.4 Å². The van der Waals surface area contributed by atoms with Crippen molar-refractivity contribution in [2.75, 3.05) is 7.11 Å². The zero-order chi connectivity index (χ0) is 21.1. The predicted octanol–water partition coefficient (Wildman–Crippen LogP) is 3.82. The number of aromatic nitrogens is 4. The number of benzene rings is 2. The smallest absolute Gasteiger partial charge is 0.251 e. The molecular formula is C21H18ClN5O3. The van der Waals surface area contributed by atoms with Crippen molar-refractivity contribution in [3.8, 4) is 22.8 Å². The molecule has 8 nitrogen and oxygen atoms in total. The highest BCUT2D eigenvalue weighted by Gasteiger charge is 2.14. The van der Waals surface area contributed by atoms with Gasteiger partial charge in [-0.05, 0) is 49.4 Å². The minimum absolute atomic E-state index is 0.101. The van der Waals surface area contributed by atoms with Crippen LogP contribution in [0.5, 0.6) is 5.75 Å². The molecule has 9 heteroatoms. The van der Waals surface area contributed by atoms with Crippen LogP contribution in [-0.2, 0) is 6.54 Å². The molecule has 0 aliphatic rings. The number of rotatable bonds is 6. The summed E-state index contributed by atoms with van der Waals surface area (Å²) >= 11 is 5.89. The number of carbonyl (C=O) groups is 1. The highest BCUT2D eigenvalue weighted by Crippen LogP contribution is 2.24. The first-order chi connectivity index (χ1) is 14.5. The summed E-state index contributed by atoms with van der Waals surface area (Å²) in [6, 6.07) is 12.3. The standard InChI is InChI=1S/C21H18ClN5O3/c1-13-11-27(12-24-13)17-8-5-15(9-18(17)29-2)21(28)23-10-19-25-20(26-30-19)14-3-6-16(22)7-4-14/h3-9,11-12H,10H2,1-2H3,(H,23,28). The lowest BCUT2D eigenvalue weighted by Gasteiger charge is -2.11. The molecule has 0 bridgehead atoms. The third kappa shape index (κ3) is 4.18. The summed E-state index contributed by atoms with van der Waals surface area (Å²) in [5, 5.41) is 7.33. The van der Waals surface area contributed by atoms with Crippen molar-refractivity contribution in [3.63, 3.8) is 0 Å². The first-order valence-corrected chi connectivity index (χ1v) is 9.47. The average Bonchev–Trinajstić information content (AvgIpc) is 3.41. The minimum Gasteiger partial charge on any atom is -0.495 e. The number of hydrogen-bond donors (Lipinski definition) is 1. The Labute approximate surface area is 177 Å². The number of ether oxygens (including phenoxy) is 1. The van der Waals surface area contributed by atoms with E-state index in [1.807, 2.05) is 17.7 Å². The van der Waals surface area contributed by atoms with E-state index in [4.69, 9.17) is 20.9 Å². The zero-order valence-corrected chi connectivity index (χ0v) is 17.1. The summed E-state index contributed by atoms with van der Waals surface area (Å²) in [5.41, 5.74) is 2.90. The van der Waals surface area contributed by atoms with E-state index < -0.39 is 0 Å². The maximum atomic E-state index is 12.6. The molecule has 1 amide bonds. The molecule has 2 heterocycles. The van der Waals surface area contributed by atoms with E-state index in [1.54, 1.807) is 55.9 Å². The summed E-state index contributed by atoms with van der Waals surface area (Å²) in [6.45, 7) is 2.00. The number of aryl methyl sites for hydroxylation is 1. The van der Waals surface area contributed by atoms with Gasteiger partial charge in [0.15, 0.2) is 0 Å². The molecule has 0 aliphatic carbocycles. The van der Waals surface area contributed by atoms with Crippen molar-refractivity contribution in [2.24, 2.45) is 0 Å². The van der Waals surface area contributed by atoms with Crippen LogP contribution in [0.3, 0.4) is 0 Å². The number of halogens is 1. The second kappa shape index (κ2) is 8.38. The third-order valence-electron chi connectivity index (χ3n) is 4.40. The van der Waals surface area contributed by atoms with Crippen LogP contribution in [0.4, 0.5) is 0 Å². The van der Waals surface area contributed by atoms with Crippen LogP contribution >= 0.6 is 11.6 Å². The lowest BCUT2D eigenvalue weighted by Crippen LogP contribution is -2.23. The van der Waals surface area contributed by atoms with Crippen LogP contribution in [-0.4, -0.2) is 32.7 Å². The fourth-order valence-electron chi connectivity index (χ4n) is 2.89. The van der Waals surface area contributed by atoms with Gasteiger partial charge in [-0.1, -0.05) is 16.8 Å². The molecule has 0 spiro atoms. The highest BCUT2D eigenvalue weighted by atomic mass is 35.5. The normalized spacial score (nSPS) is 10.8. The van der Waals surface area contributed by atoms with Gasteiger partial charge in [-0.3, -0.25) is 4.79 Å². The van der Waals surface area contributed by atoms with Crippen molar-refractivity contribution >= 4 is 17.5 Å². The molecule has 4 rings (SSSR count). The van der Waals surface area contributed by atoms with Crippen LogP contribution in [0, 0.1) is 6.92 Å². The molecule has 0 saturated carbocycles. The SMILES string of the molecule is COc1cc(C(=O)NCc2nc(-c3ccc(Cl)cc3)no2)ccc1-n1cnc(C)c1. The van der Waals surface area contributed by atoms with E-state index in [2.05, 4.69) is 20.4 Å². The number of methoxy groups -OCH3 is 1. The van der Waals surface area contributed by atoms with Crippen LogP contribution < -0.4 is 10.1 Å². The molecule has 0 fully saturated rings. The Hall–Kier alpha value is -3.65. The van der Waals surface area contributed by atoms with Gasteiger partial charge in [-0.2, -0.15) is 4.98 Å². The van der Waals surface area contributed by atoms with Crippen LogP contribution in [0.1, 0.15) is 21.9 Å². The van der Waals surface area contributed by atoms with Crippen molar-refractivity contribution in [2.45, 2.75) is 13.5 Å². The minimum atomic E-state index is -0.284. The molecule has 2 aromatic heterocycles. The van der Waals surface area contributed by atoms with Crippen LogP contribution in [0.15, 0.2) is 59.5 Å². The van der Waals surface area contributed by atoms with Gasteiger partial charge < -0.3 is 19.1 Å². The second-order valence-electron chi connectivity index (χ2n) is 6.51. The van der Waals surface area contributed by atoms with E-state index in [0.717, 1.165) is 16.9 Å². The second-order valence-corrected chi connectivity index (χ2v) is 6.95. The maximum Gasteiger partial charge on any atom is 0.251 e. The summed E-state index contributed by atoms with van der Waals surface area (Å²) in [5.74, 6) is 0.999. The third-order valence-corrected chi connectivity index (χ3v) is 4.65. The number of nitrogens with one attached hydrogen (secondary N) is 1. The highest BCUT2D eigenvalue weighted by molar-refractivity contribution is 6.30. The summed E-state index contributed by atoms with van der Waals surface area (Å²) in [4.78, 5) is 21.1. The van der Waals surface area contributed by atoms with Gasteiger partial charge >= 0.3 is 0 Å². The van der Waals surface area contributed by atoms with Gasteiger partial charge in [0.2, 0.25) is 11.7 Å². The number of hydrogen-bond acceptors (Lipinski definition) is 6. The molecule has 0 aliphatic heterocycles. The van der Waals surface area contributed by atoms with Gasteiger partial charge in [0.25, 0.3) is 5.91 Å². The zero-order valence-electron chi connectivity index (χ0n) is 16.3. The predicted molar refractivity (Wildman–Crippen MR) is 111 cm³/mol. The van der Waals surface area contributed by atoms with E-state index in [0.29, 0.717) is 28.1 Å². The lowest BCUT2D eigenvalue weighted by molar-refractivity contribution is 0.0946. The lowest BCUT2D eigenvalue weighted by atomic mass is 10.1. The largest absolute Gasteiger partial charge is 0.495 e. The molecule has 4 aromatic rings. The maximum absolute atomic E-state index is 12.6. The molecule has 0 radical (unpaired) electrons. The fourth-order valence-corrected chi connectivity index (χ4v) is 3.01. The molecule has 30 heavy (non-hydrogen) atoms. The van der Waals surface area contributed by atoms with E-state index in [9.17, 15) is 4.79 Å². The Morgan fingerprint density at radius 1 is 1.23 bits per heavy atom. The summed E-state index contributed by atoms with van der Waals surface area (Å²) < 4.78 is 12.5. The average molecular weight is 424 g/mol. The number of nitrogens with zero attached hydrogens (tertiary/aromatic N) is 4. The topological polar surface area (TPSA) is 95.1 Å². The Bertz CT molecular complexity index is 1180. The Kier molecular flexibility index (Phi) is 5.49. The molecule has 1 N–H and O–H groups in total. The first-order valence-electron chi connectivity index (χ1n) is 9.09.